The van der Waals surface area contributed by atoms with E-state index >= 15 is 0 Å². The molecule has 0 heterocycles. The first-order chi connectivity index (χ1) is 13.2. The predicted molar refractivity (Wildman–Crippen MR) is 110 cm³/mol. The number of phenolic OH excluding ortho intramolecular Hbond substituents is 2. The lowest BCUT2D eigenvalue weighted by Gasteiger charge is -2.06. The number of hydrogen-bond acceptors (Lipinski definition) is 2. The molecule has 0 saturated carbocycles. The first-order valence-electron chi connectivity index (χ1n) is 9.58. The van der Waals surface area contributed by atoms with Crippen molar-refractivity contribution in [3.05, 3.63) is 82.9 Å². The number of phenols is 2. The normalized spacial score (nSPS) is 11.7. The highest BCUT2D eigenvalue weighted by Crippen LogP contribution is 2.29. The molecule has 0 amide bonds. The molecular formula is C24H24O2. The second-order valence-corrected chi connectivity index (χ2v) is 6.71. The fourth-order valence-electron chi connectivity index (χ4n) is 3.08. The van der Waals surface area contributed by atoms with Crippen LogP contribution in [0.15, 0.2) is 60.6 Å². The van der Waals surface area contributed by atoms with E-state index in [4.69, 9.17) is 2.74 Å². The zero-order valence-corrected chi connectivity index (χ0v) is 15.5. The molecule has 0 radical (unpaired) electrons. The van der Waals surface area contributed by atoms with Gasteiger partial charge in [-0.15, -0.1) is 0 Å². The quantitative estimate of drug-likeness (QED) is 0.391. The molecule has 132 valence electrons. The first kappa shape index (κ1) is 15.3. The van der Waals surface area contributed by atoms with Crippen molar-refractivity contribution in [3.63, 3.8) is 0 Å². The smallest absolute Gasteiger partial charge is 0.123 e. The molecule has 0 atom stereocenters. The van der Waals surface area contributed by atoms with Gasteiger partial charge in [0.25, 0.3) is 0 Å². The summed E-state index contributed by atoms with van der Waals surface area (Å²) in [6.07, 6.45) is 0. The van der Waals surface area contributed by atoms with Crippen molar-refractivity contribution in [1.29, 1.82) is 0 Å². The fraction of sp³-hybridized carbons (Fsp3) is 0.167. The van der Waals surface area contributed by atoms with Crippen LogP contribution >= 0.6 is 0 Å². The van der Waals surface area contributed by atoms with E-state index in [0.29, 0.717) is 0 Å². The van der Waals surface area contributed by atoms with E-state index in [1.165, 1.54) is 5.56 Å². The Morgan fingerprint density at radius 1 is 0.731 bits per heavy atom. The first-order valence-corrected chi connectivity index (χ1v) is 8.58. The third kappa shape index (κ3) is 3.50. The summed E-state index contributed by atoms with van der Waals surface area (Å²) in [6, 6.07) is 15.8. The Balaban J connectivity index is 0.000000161. The highest BCUT2D eigenvalue weighted by molar-refractivity contribution is 5.93. The van der Waals surface area contributed by atoms with Gasteiger partial charge < -0.3 is 10.2 Å². The van der Waals surface area contributed by atoms with Crippen molar-refractivity contribution in [1.82, 2.24) is 0 Å². The lowest BCUT2D eigenvalue weighted by molar-refractivity contribution is 0.472. The van der Waals surface area contributed by atoms with Gasteiger partial charge in [-0.25, -0.2) is 0 Å². The van der Waals surface area contributed by atoms with Crippen LogP contribution in [0.3, 0.4) is 0 Å². The van der Waals surface area contributed by atoms with Gasteiger partial charge in [-0.2, -0.15) is 0 Å². The molecule has 0 aliphatic carbocycles. The molecule has 4 rings (SSSR count). The lowest BCUT2D eigenvalue weighted by atomic mass is 10.0. The maximum absolute atomic E-state index is 9.78. The monoisotopic (exact) mass is 346 g/mol. The Kier molecular flexibility index (Phi) is 4.16. The zero-order chi connectivity index (χ0) is 20.6. The minimum atomic E-state index is 0.0846. The summed E-state index contributed by atoms with van der Waals surface area (Å²) in [5.41, 5.74) is 3.97. The van der Waals surface area contributed by atoms with Crippen molar-refractivity contribution in [2.75, 3.05) is 0 Å². The highest BCUT2D eigenvalue weighted by atomic mass is 16.3. The molecule has 26 heavy (non-hydrogen) atoms. The molecule has 2 N–H and O–H groups in total. The topological polar surface area (TPSA) is 40.5 Å². The van der Waals surface area contributed by atoms with Crippen LogP contribution in [0.5, 0.6) is 11.5 Å². The summed E-state index contributed by atoms with van der Waals surface area (Å²) in [5.74, 6) is 0.171. The maximum Gasteiger partial charge on any atom is 0.123 e. The number of aryl methyl sites for hydroxylation is 4. The van der Waals surface area contributed by atoms with Crippen LogP contribution in [0, 0.1) is 27.7 Å². The second kappa shape index (κ2) is 7.09. The van der Waals surface area contributed by atoms with Crippen molar-refractivity contribution in [2.24, 2.45) is 0 Å². The largest absolute Gasteiger partial charge is 0.508 e. The van der Waals surface area contributed by atoms with E-state index in [1.807, 2.05) is 70.2 Å². The highest BCUT2D eigenvalue weighted by Gasteiger charge is 2.03. The van der Waals surface area contributed by atoms with Gasteiger partial charge in [-0.1, -0.05) is 48.0 Å². The Hall–Kier alpha value is -3.00. The third-order valence-electron chi connectivity index (χ3n) is 4.57. The standard InChI is InChI=1S/2C12H12O/c1-8-3-4-10-7-12(13)9(2)6-11(10)5-8;1-8-6-7-11(13)12-9(2)4-3-5-10(8)12/h2*3-7,13H,1-2H3/i2*7D. The van der Waals surface area contributed by atoms with Crippen LogP contribution in [-0.2, 0) is 0 Å². The van der Waals surface area contributed by atoms with Crippen molar-refractivity contribution < 1.29 is 13.0 Å². The number of benzene rings is 4. The van der Waals surface area contributed by atoms with Crippen LogP contribution < -0.4 is 0 Å². The average Bonchev–Trinajstić information content (AvgIpc) is 2.64. The molecule has 0 spiro atoms. The Morgan fingerprint density at radius 3 is 2.27 bits per heavy atom. The van der Waals surface area contributed by atoms with Gasteiger partial charge in [-0.05, 0) is 78.7 Å². The van der Waals surface area contributed by atoms with Gasteiger partial charge in [0.05, 0.1) is 2.74 Å². The number of fused-ring (bicyclic) bond motifs is 2. The molecule has 0 aromatic heterocycles. The number of aromatic hydroxyl groups is 2. The molecule has 0 aliphatic heterocycles. The lowest BCUT2D eigenvalue weighted by Crippen LogP contribution is -1.82. The number of hydrogen-bond donors (Lipinski definition) is 2. The second-order valence-electron chi connectivity index (χ2n) is 6.71. The summed E-state index contributed by atoms with van der Waals surface area (Å²) in [6.45, 7) is 7.74. The van der Waals surface area contributed by atoms with Crippen LogP contribution in [0.25, 0.3) is 21.5 Å². The van der Waals surface area contributed by atoms with E-state index in [0.717, 1.165) is 38.2 Å². The average molecular weight is 346 g/mol. The molecule has 0 unspecified atom stereocenters. The van der Waals surface area contributed by atoms with Crippen LogP contribution in [-0.4, -0.2) is 10.2 Å². The van der Waals surface area contributed by atoms with Gasteiger partial charge in [0.2, 0.25) is 0 Å². The molecule has 2 nitrogen and oxygen atoms in total. The Labute approximate surface area is 157 Å². The zero-order valence-electron chi connectivity index (χ0n) is 17.5. The predicted octanol–water partition coefficient (Wildman–Crippen LogP) is 6.32. The summed E-state index contributed by atoms with van der Waals surface area (Å²) in [5, 5.41) is 23.0. The van der Waals surface area contributed by atoms with Gasteiger partial charge in [-0.3, -0.25) is 0 Å². The maximum atomic E-state index is 9.78. The fourth-order valence-corrected chi connectivity index (χ4v) is 3.08. The number of rotatable bonds is 0. The van der Waals surface area contributed by atoms with Crippen molar-refractivity contribution in [3.8, 4) is 11.5 Å². The molecule has 0 bridgehead atoms. The minimum Gasteiger partial charge on any atom is -0.508 e. The van der Waals surface area contributed by atoms with Gasteiger partial charge >= 0.3 is 0 Å². The van der Waals surface area contributed by atoms with Crippen molar-refractivity contribution in [2.45, 2.75) is 27.7 Å². The van der Waals surface area contributed by atoms with E-state index in [1.54, 1.807) is 6.07 Å². The van der Waals surface area contributed by atoms with E-state index in [-0.39, 0.29) is 23.6 Å². The minimum absolute atomic E-state index is 0.0846. The Morgan fingerprint density at radius 2 is 1.50 bits per heavy atom. The molecule has 0 saturated heterocycles. The Bertz CT molecular complexity index is 1200. The molecule has 4 aromatic rings. The van der Waals surface area contributed by atoms with Crippen molar-refractivity contribution >= 4 is 21.5 Å². The third-order valence-corrected chi connectivity index (χ3v) is 4.57. The molecule has 0 aliphatic rings. The van der Waals surface area contributed by atoms with Crippen LogP contribution in [0.2, 0.25) is 0 Å². The van der Waals surface area contributed by atoms with Gasteiger partial charge in [0.15, 0.2) is 0 Å². The summed E-state index contributed by atoms with van der Waals surface area (Å²) >= 11 is 0. The van der Waals surface area contributed by atoms with Gasteiger partial charge in [0, 0.05) is 5.39 Å². The molecule has 2 heteroatoms. The summed E-state index contributed by atoms with van der Waals surface area (Å²) in [7, 11) is 0. The van der Waals surface area contributed by atoms with E-state index < -0.39 is 0 Å². The molecule has 4 aromatic carbocycles. The molecular weight excluding hydrogens is 320 g/mol. The summed E-state index contributed by atoms with van der Waals surface area (Å²) < 4.78 is 15.3. The van der Waals surface area contributed by atoms with E-state index in [9.17, 15) is 10.2 Å². The summed E-state index contributed by atoms with van der Waals surface area (Å²) in [4.78, 5) is 0. The van der Waals surface area contributed by atoms with Crippen LogP contribution in [0.4, 0.5) is 0 Å². The SMILES string of the molecule is [2H]c1c(O)c(C)cc2cc(C)ccc12.[2H]c1cc(C)c2cccc(C)c2c1O. The van der Waals surface area contributed by atoms with Gasteiger partial charge in [0.1, 0.15) is 11.5 Å². The molecule has 0 fully saturated rings. The van der Waals surface area contributed by atoms with Crippen LogP contribution in [0.1, 0.15) is 25.0 Å². The van der Waals surface area contributed by atoms with E-state index in [2.05, 4.69) is 0 Å².